The number of para-hydroxylation sites is 1. The molecule has 2 N–H and O–H groups in total. The molecular formula is C17H13F3N2O2S. The largest absolute Gasteiger partial charge is 0.507 e. The second kappa shape index (κ2) is 6.12. The van der Waals surface area contributed by atoms with Crippen LogP contribution in [-0.4, -0.2) is 37.8 Å². The number of phenolic OH excluding ortho intramolecular Hbond substituents is 1. The van der Waals surface area contributed by atoms with Crippen LogP contribution in [0.4, 0.5) is 13.2 Å². The summed E-state index contributed by atoms with van der Waals surface area (Å²) in [5.41, 5.74) is -2.79. The summed E-state index contributed by atoms with van der Waals surface area (Å²) in [4.78, 5) is -0.413. The molecule has 1 heterocycles. The van der Waals surface area contributed by atoms with Crippen LogP contribution in [0, 0.1) is 0 Å². The lowest BCUT2D eigenvalue weighted by atomic mass is 10.0. The van der Waals surface area contributed by atoms with Gasteiger partial charge in [0.2, 0.25) is 0 Å². The fourth-order valence-corrected chi connectivity index (χ4v) is 2.90. The van der Waals surface area contributed by atoms with Gasteiger partial charge in [-0.25, -0.2) is 5.01 Å². The summed E-state index contributed by atoms with van der Waals surface area (Å²) in [6, 6.07) is 13.9. The van der Waals surface area contributed by atoms with Crippen molar-refractivity contribution >= 4 is 22.9 Å². The van der Waals surface area contributed by atoms with Gasteiger partial charge in [0.05, 0.1) is 17.7 Å². The average Bonchev–Trinajstić information content (AvgIpc) is 2.94. The molecule has 0 saturated carbocycles. The summed E-state index contributed by atoms with van der Waals surface area (Å²) in [5.74, 6) is -0.291. The first-order chi connectivity index (χ1) is 11.7. The molecule has 0 spiro atoms. The van der Waals surface area contributed by atoms with Crippen molar-refractivity contribution < 1.29 is 23.4 Å². The van der Waals surface area contributed by atoms with Crippen LogP contribution >= 0.6 is 12.2 Å². The Kier molecular flexibility index (Phi) is 4.26. The lowest BCUT2D eigenvalue weighted by molar-refractivity contribution is -0.294. The summed E-state index contributed by atoms with van der Waals surface area (Å²) >= 11 is 5.09. The van der Waals surface area contributed by atoms with Crippen LogP contribution in [0.2, 0.25) is 0 Å². The number of aromatic hydroxyl groups is 1. The number of hydrogen-bond acceptors (Lipinski definition) is 4. The van der Waals surface area contributed by atoms with Gasteiger partial charge in [-0.2, -0.15) is 18.3 Å². The summed E-state index contributed by atoms with van der Waals surface area (Å²) in [7, 11) is 0. The van der Waals surface area contributed by atoms with Gasteiger partial charge in [0.1, 0.15) is 10.7 Å². The van der Waals surface area contributed by atoms with Crippen molar-refractivity contribution in [1.29, 1.82) is 0 Å². The van der Waals surface area contributed by atoms with Gasteiger partial charge in [-0.1, -0.05) is 54.7 Å². The molecule has 1 atom stereocenters. The molecule has 2 aromatic rings. The Labute approximate surface area is 146 Å². The second-order valence-electron chi connectivity index (χ2n) is 5.54. The Hall–Kier alpha value is -2.45. The van der Waals surface area contributed by atoms with Gasteiger partial charge >= 0.3 is 6.18 Å². The van der Waals surface area contributed by atoms with Crippen molar-refractivity contribution in [3.63, 3.8) is 0 Å². The molecule has 0 amide bonds. The standard InChI is InChI=1S/C17H13F3N2O2S/c18-17(19,20)16(24)10-13(11-6-2-1-3-7-11)21-22(16)15(25)12-8-4-5-9-14(12)23/h1-9,23-24H,10H2. The van der Waals surface area contributed by atoms with Crippen LogP contribution in [0.5, 0.6) is 5.75 Å². The van der Waals surface area contributed by atoms with Crippen LogP contribution in [-0.2, 0) is 0 Å². The number of nitrogens with zero attached hydrogens (tertiary/aromatic N) is 2. The number of benzene rings is 2. The van der Waals surface area contributed by atoms with E-state index < -0.39 is 23.3 Å². The zero-order valence-corrected chi connectivity index (χ0v) is 13.6. The second-order valence-corrected chi connectivity index (χ2v) is 5.92. The lowest BCUT2D eigenvalue weighted by Gasteiger charge is -2.34. The maximum Gasteiger partial charge on any atom is 0.438 e. The Morgan fingerprint density at radius 1 is 1.08 bits per heavy atom. The van der Waals surface area contributed by atoms with E-state index in [4.69, 9.17) is 12.2 Å². The van der Waals surface area contributed by atoms with E-state index >= 15 is 0 Å². The van der Waals surface area contributed by atoms with E-state index in [9.17, 15) is 23.4 Å². The summed E-state index contributed by atoms with van der Waals surface area (Å²) in [6.45, 7) is 0. The molecule has 1 aliphatic heterocycles. The normalized spacial score (nSPS) is 20.5. The van der Waals surface area contributed by atoms with Crippen molar-refractivity contribution in [3.05, 3.63) is 65.7 Å². The highest BCUT2D eigenvalue weighted by Gasteiger charge is 2.62. The van der Waals surface area contributed by atoms with Crippen LogP contribution < -0.4 is 0 Å². The van der Waals surface area contributed by atoms with Crippen LogP contribution in [0.15, 0.2) is 59.7 Å². The molecule has 0 radical (unpaired) electrons. The number of hydrazone groups is 1. The fourth-order valence-electron chi connectivity index (χ4n) is 2.54. The summed E-state index contributed by atoms with van der Waals surface area (Å²) in [5, 5.41) is 24.5. The smallest absolute Gasteiger partial charge is 0.438 e. The first-order valence-electron chi connectivity index (χ1n) is 7.28. The maximum absolute atomic E-state index is 13.6. The van der Waals surface area contributed by atoms with Gasteiger partial charge in [0.25, 0.3) is 5.72 Å². The number of aliphatic hydroxyl groups is 1. The third kappa shape index (κ3) is 2.98. The first-order valence-corrected chi connectivity index (χ1v) is 7.69. The van der Waals surface area contributed by atoms with Crippen molar-refractivity contribution in [1.82, 2.24) is 5.01 Å². The van der Waals surface area contributed by atoms with E-state index in [1.165, 1.54) is 24.3 Å². The number of rotatable bonds is 2. The van der Waals surface area contributed by atoms with Crippen molar-refractivity contribution in [3.8, 4) is 5.75 Å². The molecule has 8 heteroatoms. The van der Waals surface area contributed by atoms with Gasteiger partial charge in [-0.15, -0.1) is 0 Å². The average molecular weight is 366 g/mol. The van der Waals surface area contributed by atoms with E-state index in [0.717, 1.165) is 0 Å². The number of halogens is 3. The highest BCUT2D eigenvalue weighted by Crippen LogP contribution is 2.42. The molecular weight excluding hydrogens is 353 g/mol. The molecule has 2 aromatic carbocycles. The number of hydrogen-bond donors (Lipinski definition) is 2. The molecule has 1 unspecified atom stereocenters. The molecule has 0 fully saturated rings. The predicted molar refractivity (Wildman–Crippen MR) is 90.2 cm³/mol. The third-order valence-electron chi connectivity index (χ3n) is 3.87. The van der Waals surface area contributed by atoms with E-state index in [-0.39, 0.29) is 17.0 Å². The Morgan fingerprint density at radius 2 is 1.68 bits per heavy atom. The molecule has 4 nitrogen and oxygen atoms in total. The first kappa shape index (κ1) is 17.4. The van der Waals surface area contributed by atoms with Crippen LogP contribution in [0.3, 0.4) is 0 Å². The molecule has 25 heavy (non-hydrogen) atoms. The summed E-state index contributed by atoms with van der Waals surface area (Å²) in [6.07, 6.45) is -5.77. The quantitative estimate of drug-likeness (QED) is 0.800. The third-order valence-corrected chi connectivity index (χ3v) is 4.27. The van der Waals surface area contributed by atoms with Crippen LogP contribution in [0.25, 0.3) is 0 Å². The lowest BCUT2D eigenvalue weighted by Crippen LogP contribution is -2.56. The fraction of sp³-hybridized carbons (Fsp3) is 0.176. The molecule has 0 saturated heterocycles. The Balaban J connectivity index is 2.08. The van der Waals surface area contributed by atoms with Crippen molar-refractivity contribution in [2.75, 3.05) is 0 Å². The summed E-state index contributed by atoms with van der Waals surface area (Å²) < 4.78 is 40.7. The van der Waals surface area contributed by atoms with E-state index in [1.807, 2.05) is 0 Å². The molecule has 0 bridgehead atoms. The molecule has 130 valence electrons. The molecule has 0 aliphatic carbocycles. The zero-order chi connectivity index (χ0) is 18.2. The Morgan fingerprint density at radius 3 is 2.28 bits per heavy atom. The highest BCUT2D eigenvalue weighted by atomic mass is 32.1. The van der Waals surface area contributed by atoms with E-state index in [1.54, 1.807) is 30.3 Å². The van der Waals surface area contributed by atoms with E-state index in [0.29, 0.717) is 10.6 Å². The van der Waals surface area contributed by atoms with Crippen molar-refractivity contribution in [2.24, 2.45) is 5.10 Å². The van der Waals surface area contributed by atoms with Gasteiger partial charge < -0.3 is 10.2 Å². The SMILES string of the molecule is Oc1ccccc1C(=S)N1N=C(c2ccccc2)CC1(O)C(F)(F)F. The molecule has 3 rings (SSSR count). The van der Waals surface area contributed by atoms with Gasteiger partial charge in [0.15, 0.2) is 0 Å². The molecule has 0 aromatic heterocycles. The molecule has 1 aliphatic rings. The maximum atomic E-state index is 13.6. The monoisotopic (exact) mass is 366 g/mol. The van der Waals surface area contributed by atoms with Crippen molar-refractivity contribution in [2.45, 2.75) is 18.3 Å². The predicted octanol–water partition coefficient (Wildman–Crippen LogP) is 3.43. The minimum absolute atomic E-state index is 0.0155. The number of thiocarbonyl (C=S) groups is 1. The minimum Gasteiger partial charge on any atom is -0.507 e. The zero-order valence-electron chi connectivity index (χ0n) is 12.7. The Bertz CT molecular complexity index is 839. The highest BCUT2D eigenvalue weighted by molar-refractivity contribution is 7.80. The number of alkyl halides is 3. The minimum atomic E-state index is -5.00. The van der Waals surface area contributed by atoms with Gasteiger partial charge in [-0.05, 0) is 17.7 Å². The van der Waals surface area contributed by atoms with Gasteiger partial charge in [-0.3, -0.25) is 0 Å². The van der Waals surface area contributed by atoms with Gasteiger partial charge in [0, 0.05) is 0 Å². The number of phenols is 1. The van der Waals surface area contributed by atoms with Crippen LogP contribution in [0.1, 0.15) is 17.5 Å². The van der Waals surface area contributed by atoms with E-state index in [2.05, 4.69) is 5.10 Å². The topological polar surface area (TPSA) is 56.1 Å².